The molecule has 0 spiro atoms. The third-order valence-corrected chi connectivity index (χ3v) is 4.30. The highest BCUT2D eigenvalue weighted by atomic mass is 127. The first-order chi connectivity index (χ1) is 8.97. The van der Waals surface area contributed by atoms with Gasteiger partial charge in [-0.25, -0.2) is 0 Å². The molecule has 0 fully saturated rings. The van der Waals surface area contributed by atoms with Gasteiger partial charge in [-0.05, 0) is 93.8 Å². The van der Waals surface area contributed by atoms with Crippen LogP contribution < -0.4 is 5.32 Å². The minimum Gasteiger partial charge on any atom is -0.322 e. The van der Waals surface area contributed by atoms with Gasteiger partial charge in [-0.2, -0.15) is 0 Å². The average molecular weight is 430 g/mol. The Labute approximate surface area is 134 Å². The second-order valence-electron chi connectivity index (χ2n) is 4.38. The SMILES string of the molecule is Cc1ccc(NC(=O)c2cc(I)ccc2Br)cc1C. The van der Waals surface area contributed by atoms with Gasteiger partial charge in [0, 0.05) is 13.7 Å². The summed E-state index contributed by atoms with van der Waals surface area (Å²) in [4.78, 5) is 12.2. The summed E-state index contributed by atoms with van der Waals surface area (Å²) in [5.41, 5.74) is 3.84. The van der Waals surface area contributed by atoms with Gasteiger partial charge in [0.1, 0.15) is 0 Å². The van der Waals surface area contributed by atoms with Gasteiger partial charge >= 0.3 is 0 Å². The van der Waals surface area contributed by atoms with Crippen LogP contribution in [-0.4, -0.2) is 5.91 Å². The number of benzene rings is 2. The number of hydrogen-bond donors (Lipinski definition) is 1. The van der Waals surface area contributed by atoms with Crippen molar-refractivity contribution >= 4 is 50.1 Å². The number of halogens is 2. The predicted octanol–water partition coefficient (Wildman–Crippen LogP) is 4.92. The molecular weight excluding hydrogens is 417 g/mol. The zero-order chi connectivity index (χ0) is 14.0. The number of carbonyl (C=O) groups excluding carboxylic acids is 1. The average Bonchev–Trinajstić information content (AvgIpc) is 2.36. The van der Waals surface area contributed by atoms with E-state index < -0.39 is 0 Å². The molecule has 2 aromatic carbocycles. The van der Waals surface area contributed by atoms with Crippen molar-refractivity contribution < 1.29 is 4.79 Å². The molecule has 0 radical (unpaired) electrons. The minimum absolute atomic E-state index is 0.103. The standard InChI is InChI=1S/C15H13BrINO/c1-9-3-5-12(7-10(9)2)18-15(19)13-8-11(17)4-6-14(13)16/h3-8H,1-2H3,(H,18,19). The second kappa shape index (κ2) is 6.05. The monoisotopic (exact) mass is 429 g/mol. The maximum Gasteiger partial charge on any atom is 0.256 e. The fraction of sp³-hybridized carbons (Fsp3) is 0.133. The summed E-state index contributed by atoms with van der Waals surface area (Å²) in [5, 5.41) is 2.92. The van der Waals surface area contributed by atoms with Gasteiger partial charge < -0.3 is 5.32 Å². The number of amides is 1. The van der Waals surface area contributed by atoms with E-state index in [0.717, 1.165) is 13.7 Å². The molecule has 0 unspecified atom stereocenters. The molecule has 1 amide bonds. The van der Waals surface area contributed by atoms with Gasteiger partial charge in [0.25, 0.3) is 5.91 Å². The van der Waals surface area contributed by atoms with Crippen molar-refractivity contribution in [3.63, 3.8) is 0 Å². The van der Waals surface area contributed by atoms with E-state index in [4.69, 9.17) is 0 Å². The molecule has 0 saturated heterocycles. The van der Waals surface area contributed by atoms with Crippen LogP contribution in [-0.2, 0) is 0 Å². The van der Waals surface area contributed by atoms with E-state index in [1.165, 1.54) is 11.1 Å². The molecule has 0 saturated carbocycles. The number of anilines is 1. The molecule has 1 N–H and O–H groups in total. The van der Waals surface area contributed by atoms with Crippen molar-refractivity contribution in [3.05, 3.63) is 61.1 Å². The first-order valence-corrected chi connectivity index (χ1v) is 7.68. The molecule has 0 heterocycles. The van der Waals surface area contributed by atoms with E-state index in [1.54, 1.807) is 0 Å². The van der Waals surface area contributed by atoms with Crippen molar-refractivity contribution in [2.24, 2.45) is 0 Å². The Hall–Kier alpha value is -0.880. The molecule has 0 bridgehead atoms. The highest BCUT2D eigenvalue weighted by Gasteiger charge is 2.11. The Bertz CT molecular complexity index is 640. The normalized spacial score (nSPS) is 10.3. The van der Waals surface area contributed by atoms with Crippen LogP contribution in [0.5, 0.6) is 0 Å². The molecule has 0 aliphatic heterocycles. The van der Waals surface area contributed by atoms with Gasteiger partial charge in [0.2, 0.25) is 0 Å². The van der Waals surface area contributed by atoms with Crippen molar-refractivity contribution in [2.75, 3.05) is 5.32 Å². The predicted molar refractivity (Wildman–Crippen MR) is 90.7 cm³/mol. The van der Waals surface area contributed by atoms with Crippen LogP contribution in [0.25, 0.3) is 0 Å². The van der Waals surface area contributed by atoms with Crippen LogP contribution in [0.1, 0.15) is 21.5 Å². The summed E-state index contributed by atoms with van der Waals surface area (Å²) >= 11 is 5.60. The molecule has 4 heteroatoms. The zero-order valence-electron chi connectivity index (χ0n) is 10.6. The smallest absolute Gasteiger partial charge is 0.256 e. The first kappa shape index (κ1) is 14.5. The van der Waals surface area contributed by atoms with Gasteiger partial charge in [-0.3, -0.25) is 4.79 Å². The van der Waals surface area contributed by atoms with Crippen molar-refractivity contribution in [3.8, 4) is 0 Å². The Morgan fingerprint density at radius 2 is 1.84 bits per heavy atom. The molecule has 0 aliphatic carbocycles. The van der Waals surface area contributed by atoms with Gasteiger partial charge in [0.05, 0.1) is 5.56 Å². The number of aryl methyl sites for hydroxylation is 2. The summed E-state index contributed by atoms with van der Waals surface area (Å²) in [6.45, 7) is 4.09. The Kier molecular flexibility index (Phi) is 4.62. The highest BCUT2D eigenvalue weighted by Crippen LogP contribution is 2.21. The highest BCUT2D eigenvalue weighted by molar-refractivity contribution is 14.1. The summed E-state index contributed by atoms with van der Waals surface area (Å²) in [7, 11) is 0. The van der Waals surface area contributed by atoms with Gasteiger partial charge in [-0.15, -0.1) is 0 Å². The summed E-state index contributed by atoms with van der Waals surface area (Å²) in [5.74, 6) is -0.103. The summed E-state index contributed by atoms with van der Waals surface area (Å²) < 4.78 is 1.83. The lowest BCUT2D eigenvalue weighted by molar-refractivity contribution is 0.102. The Morgan fingerprint density at radius 3 is 2.53 bits per heavy atom. The molecule has 19 heavy (non-hydrogen) atoms. The number of carbonyl (C=O) groups is 1. The maximum atomic E-state index is 12.2. The van der Waals surface area contributed by atoms with E-state index in [0.29, 0.717) is 5.56 Å². The van der Waals surface area contributed by atoms with Crippen LogP contribution in [0.2, 0.25) is 0 Å². The third kappa shape index (κ3) is 3.57. The van der Waals surface area contributed by atoms with Crippen LogP contribution in [0, 0.1) is 17.4 Å². The lowest BCUT2D eigenvalue weighted by atomic mass is 10.1. The van der Waals surface area contributed by atoms with Gasteiger partial charge in [-0.1, -0.05) is 6.07 Å². The molecular formula is C15H13BrINO. The topological polar surface area (TPSA) is 29.1 Å². The second-order valence-corrected chi connectivity index (χ2v) is 6.48. The maximum absolute atomic E-state index is 12.2. The summed E-state index contributed by atoms with van der Waals surface area (Å²) in [6, 6.07) is 11.6. The lowest BCUT2D eigenvalue weighted by Crippen LogP contribution is -2.13. The van der Waals surface area contributed by atoms with Crippen LogP contribution in [0.15, 0.2) is 40.9 Å². The van der Waals surface area contributed by atoms with E-state index in [2.05, 4.69) is 50.8 Å². The fourth-order valence-corrected chi connectivity index (χ4v) is 2.61. The number of hydrogen-bond acceptors (Lipinski definition) is 1. The fourth-order valence-electron chi connectivity index (χ4n) is 1.69. The van der Waals surface area contributed by atoms with Gasteiger partial charge in [0.15, 0.2) is 0 Å². The molecule has 98 valence electrons. The van der Waals surface area contributed by atoms with Crippen molar-refractivity contribution in [1.29, 1.82) is 0 Å². The Balaban J connectivity index is 2.25. The minimum atomic E-state index is -0.103. The summed E-state index contributed by atoms with van der Waals surface area (Å²) in [6.07, 6.45) is 0. The lowest BCUT2D eigenvalue weighted by Gasteiger charge is -2.09. The molecule has 0 aliphatic rings. The molecule has 2 nitrogen and oxygen atoms in total. The van der Waals surface area contributed by atoms with E-state index in [1.807, 2.05) is 43.3 Å². The first-order valence-electron chi connectivity index (χ1n) is 5.81. The number of nitrogens with one attached hydrogen (secondary N) is 1. The van der Waals surface area contributed by atoms with E-state index in [-0.39, 0.29) is 5.91 Å². The molecule has 2 aromatic rings. The van der Waals surface area contributed by atoms with Crippen LogP contribution in [0.4, 0.5) is 5.69 Å². The van der Waals surface area contributed by atoms with Crippen molar-refractivity contribution in [2.45, 2.75) is 13.8 Å². The van der Waals surface area contributed by atoms with E-state index >= 15 is 0 Å². The molecule has 0 aromatic heterocycles. The number of rotatable bonds is 2. The van der Waals surface area contributed by atoms with Crippen LogP contribution in [0.3, 0.4) is 0 Å². The molecule has 0 atom stereocenters. The zero-order valence-corrected chi connectivity index (χ0v) is 14.4. The third-order valence-electron chi connectivity index (χ3n) is 2.94. The molecule has 2 rings (SSSR count). The van der Waals surface area contributed by atoms with Crippen molar-refractivity contribution in [1.82, 2.24) is 0 Å². The Morgan fingerprint density at radius 1 is 1.11 bits per heavy atom. The quantitative estimate of drug-likeness (QED) is 0.674. The van der Waals surface area contributed by atoms with E-state index in [9.17, 15) is 4.79 Å². The largest absolute Gasteiger partial charge is 0.322 e. The van der Waals surface area contributed by atoms with Crippen LogP contribution >= 0.6 is 38.5 Å².